The smallest absolute Gasteiger partial charge is 0.276 e. The van der Waals surface area contributed by atoms with E-state index in [4.69, 9.17) is 4.52 Å². The summed E-state index contributed by atoms with van der Waals surface area (Å²) < 4.78 is 4.96. The molecule has 5 heteroatoms. The molecule has 0 radical (unpaired) electrons. The second kappa shape index (κ2) is 6.19. The van der Waals surface area contributed by atoms with Crippen molar-refractivity contribution in [2.75, 3.05) is 33.7 Å². The van der Waals surface area contributed by atoms with Crippen LogP contribution >= 0.6 is 0 Å². The van der Waals surface area contributed by atoms with Gasteiger partial charge < -0.3 is 14.3 Å². The number of likely N-dealkylation sites (tertiary alicyclic amines) is 1. The standard InChI is InChI=1S/C14H23N3O2/c1-11-10-13(15-19-11)14(18)17-8-5-12(6-9-17)4-7-16(2)3/h10,12H,4-9H2,1-3H3. The van der Waals surface area contributed by atoms with E-state index in [9.17, 15) is 4.79 Å². The van der Waals surface area contributed by atoms with E-state index in [0.29, 0.717) is 11.5 Å². The molecule has 0 atom stereocenters. The van der Waals surface area contributed by atoms with Crippen molar-refractivity contribution in [2.24, 2.45) is 5.92 Å². The maximum absolute atomic E-state index is 12.2. The lowest BCUT2D eigenvalue weighted by Gasteiger charge is -2.32. The molecule has 1 aromatic heterocycles. The van der Waals surface area contributed by atoms with Gasteiger partial charge in [0.25, 0.3) is 5.91 Å². The largest absolute Gasteiger partial charge is 0.361 e. The first-order chi connectivity index (χ1) is 9.06. The number of aromatic nitrogens is 1. The normalized spacial score (nSPS) is 17.2. The molecule has 2 rings (SSSR count). The van der Waals surface area contributed by atoms with E-state index in [1.165, 1.54) is 6.42 Å². The molecule has 1 fully saturated rings. The lowest BCUT2D eigenvalue weighted by molar-refractivity contribution is 0.0673. The average Bonchev–Trinajstić information content (AvgIpc) is 2.83. The maximum Gasteiger partial charge on any atom is 0.276 e. The van der Waals surface area contributed by atoms with Gasteiger partial charge in [0, 0.05) is 19.2 Å². The third-order valence-corrected chi connectivity index (χ3v) is 3.73. The maximum atomic E-state index is 12.2. The summed E-state index contributed by atoms with van der Waals surface area (Å²) in [6.45, 7) is 4.60. The Morgan fingerprint density at radius 3 is 2.68 bits per heavy atom. The van der Waals surface area contributed by atoms with Gasteiger partial charge in [-0.15, -0.1) is 0 Å². The fourth-order valence-corrected chi connectivity index (χ4v) is 2.49. The Labute approximate surface area is 114 Å². The first-order valence-electron chi connectivity index (χ1n) is 6.93. The number of amides is 1. The molecule has 1 saturated heterocycles. The highest BCUT2D eigenvalue weighted by molar-refractivity contribution is 5.92. The Hall–Kier alpha value is -1.36. The summed E-state index contributed by atoms with van der Waals surface area (Å²) in [5.41, 5.74) is 0.434. The zero-order chi connectivity index (χ0) is 13.8. The number of nitrogens with zero attached hydrogens (tertiary/aromatic N) is 3. The van der Waals surface area contributed by atoms with E-state index in [-0.39, 0.29) is 5.91 Å². The molecule has 0 aliphatic carbocycles. The summed E-state index contributed by atoms with van der Waals surface area (Å²) in [5.74, 6) is 1.43. The van der Waals surface area contributed by atoms with Crippen LogP contribution in [-0.4, -0.2) is 54.6 Å². The number of piperidine rings is 1. The number of rotatable bonds is 4. The highest BCUT2D eigenvalue weighted by Crippen LogP contribution is 2.21. The molecule has 0 unspecified atom stereocenters. The van der Waals surface area contributed by atoms with Gasteiger partial charge in [0.1, 0.15) is 5.76 Å². The van der Waals surface area contributed by atoms with Crippen LogP contribution in [0.15, 0.2) is 10.6 Å². The van der Waals surface area contributed by atoms with Gasteiger partial charge in [-0.1, -0.05) is 5.16 Å². The van der Waals surface area contributed by atoms with Crippen molar-refractivity contribution < 1.29 is 9.32 Å². The Bertz CT molecular complexity index is 420. The first-order valence-corrected chi connectivity index (χ1v) is 6.93. The van der Waals surface area contributed by atoms with E-state index in [2.05, 4.69) is 24.2 Å². The molecule has 2 heterocycles. The number of hydrogen-bond donors (Lipinski definition) is 0. The Morgan fingerprint density at radius 1 is 1.47 bits per heavy atom. The molecule has 1 aromatic rings. The molecular formula is C14H23N3O2. The van der Waals surface area contributed by atoms with Crippen LogP contribution in [0.4, 0.5) is 0 Å². The molecule has 0 N–H and O–H groups in total. The van der Waals surface area contributed by atoms with E-state index in [1.807, 2.05) is 4.90 Å². The molecule has 1 aliphatic heterocycles. The lowest BCUT2D eigenvalue weighted by atomic mass is 9.93. The van der Waals surface area contributed by atoms with Crippen molar-refractivity contribution in [3.8, 4) is 0 Å². The summed E-state index contributed by atoms with van der Waals surface area (Å²) in [6.07, 6.45) is 3.41. The van der Waals surface area contributed by atoms with Crippen molar-refractivity contribution in [3.63, 3.8) is 0 Å². The minimum Gasteiger partial charge on any atom is -0.361 e. The predicted octanol–water partition coefficient (Wildman–Crippen LogP) is 1.79. The second-order valence-corrected chi connectivity index (χ2v) is 5.65. The molecule has 5 nitrogen and oxygen atoms in total. The monoisotopic (exact) mass is 265 g/mol. The Kier molecular flexibility index (Phi) is 4.58. The van der Waals surface area contributed by atoms with Gasteiger partial charge in [0.2, 0.25) is 0 Å². The fraction of sp³-hybridized carbons (Fsp3) is 0.714. The lowest BCUT2D eigenvalue weighted by Crippen LogP contribution is -2.39. The molecular weight excluding hydrogens is 242 g/mol. The molecule has 19 heavy (non-hydrogen) atoms. The SMILES string of the molecule is Cc1cc(C(=O)N2CCC(CCN(C)C)CC2)no1. The first kappa shape index (κ1) is 14.1. The summed E-state index contributed by atoms with van der Waals surface area (Å²) in [5, 5.41) is 3.80. The molecule has 1 aliphatic rings. The number of carbonyl (C=O) groups is 1. The zero-order valence-corrected chi connectivity index (χ0v) is 12.1. The molecule has 0 aromatic carbocycles. The highest BCUT2D eigenvalue weighted by atomic mass is 16.5. The second-order valence-electron chi connectivity index (χ2n) is 5.65. The number of aryl methyl sites for hydroxylation is 1. The van der Waals surface area contributed by atoms with Crippen LogP contribution in [0.2, 0.25) is 0 Å². The number of hydrogen-bond acceptors (Lipinski definition) is 4. The molecule has 106 valence electrons. The molecule has 0 saturated carbocycles. The van der Waals surface area contributed by atoms with Crippen LogP contribution in [-0.2, 0) is 0 Å². The third-order valence-electron chi connectivity index (χ3n) is 3.73. The highest BCUT2D eigenvalue weighted by Gasteiger charge is 2.25. The predicted molar refractivity (Wildman–Crippen MR) is 73.0 cm³/mol. The summed E-state index contributed by atoms with van der Waals surface area (Å²) in [7, 11) is 4.21. The van der Waals surface area contributed by atoms with Crippen molar-refractivity contribution in [2.45, 2.75) is 26.2 Å². The van der Waals surface area contributed by atoms with Gasteiger partial charge >= 0.3 is 0 Å². The van der Waals surface area contributed by atoms with Gasteiger partial charge in [0.05, 0.1) is 0 Å². The quantitative estimate of drug-likeness (QED) is 0.832. The van der Waals surface area contributed by atoms with Crippen LogP contribution in [0, 0.1) is 12.8 Å². The van der Waals surface area contributed by atoms with Crippen molar-refractivity contribution >= 4 is 5.91 Å². The van der Waals surface area contributed by atoms with Crippen molar-refractivity contribution in [1.82, 2.24) is 15.0 Å². The summed E-state index contributed by atoms with van der Waals surface area (Å²) >= 11 is 0. The third kappa shape index (κ3) is 3.80. The summed E-state index contributed by atoms with van der Waals surface area (Å²) in [4.78, 5) is 16.3. The molecule has 0 spiro atoms. The van der Waals surface area contributed by atoms with Crippen LogP contribution < -0.4 is 0 Å². The Balaban J connectivity index is 1.81. The van der Waals surface area contributed by atoms with Gasteiger partial charge in [-0.05, 0) is 52.7 Å². The van der Waals surface area contributed by atoms with Crippen molar-refractivity contribution in [1.29, 1.82) is 0 Å². The zero-order valence-electron chi connectivity index (χ0n) is 12.1. The minimum absolute atomic E-state index is 0.00269. The number of carbonyl (C=O) groups excluding carboxylic acids is 1. The minimum atomic E-state index is 0.00269. The van der Waals surface area contributed by atoms with Gasteiger partial charge in [0.15, 0.2) is 5.69 Å². The van der Waals surface area contributed by atoms with Gasteiger partial charge in [-0.25, -0.2) is 0 Å². The average molecular weight is 265 g/mol. The van der Waals surface area contributed by atoms with E-state index < -0.39 is 0 Å². The molecule has 0 bridgehead atoms. The van der Waals surface area contributed by atoms with Crippen LogP contribution in [0.3, 0.4) is 0 Å². The van der Waals surface area contributed by atoms with Gasteiger partial charge in [-0.3, -0.25) is 4.79 Å². The van der Waals surface area contributed by atoms with Crippen LogP contribution in [0.25, 0.3) is 0 Å². The topological polar surface area (TPSA) is 49.6 Å². The van der Waals surface area contributed by atoms with E-state index in [0.717, 1.165) is 38.4 Å². The van der Waals surface area contributed by atoms with Crippen LogP contribution in [0.5, 0.6) is 0 Å². The fourth-order valence-electron chi connectivity index (χ4n) is 2.49. The van der Waals surface area contributed by atoms with Crippen molar-refractivity contribution in [3.05, 3.63) is 17.5 Å². The van der Waals surface area contributed by atoms with Crippen LogP contribution in [0.1, 0.15) is 35.5 Å². The molecule has 1 amide bonds. The summed E-state index contributed by atoms with van der Waals surface area (Å²) in [6, 6.07) is 1.71. The van der Waals surface area contributed by atoms with E-state index >= 15 is 0 Å². The van der Waals surface area contributed by atoms with E-state index in [1.54, 1.807) is 13.0 Å². The Morgan fingerprint density at radius 2 is 2.16 bits per heavy atom. The van der Waals surface area contributed by atoms with Gasteiger partial charge in [-0.2, -0.15) is 0 Å².